The van der Waals surface area contributed by atoms with Crippen molar-refractivity contribution >= 4 is 17.7 Å². The number of amides is 1. The fourth-order valence-electron chi connectivity index (χ4n) is 4.14. The molecule has 6 heteroatoms. The standard InChI is InChI=1S/C21H25N3O2S/c1-14-20(15-9-11-24(14)12-10-15)23-21(25)16-3-5-17(6-4-16)27-18-7-8-19(26-2)22-13-18/h3-8,13-15,20H,9-12H2,1-2H3,(H,23,25)/t14-,20-/m0/s1. The second-order valence-electron chi connectivity index (χ2n) is 7.28. The molecule has 142 valence electrons. The van der Waals surface area contributed by atoms with Crippen molar-refractivity contribution in [2.45, 2.75) is 41.6 Å². The molecule has 0 radical (unpaired) electrons. The molecule has 3 aliphatic heterocycles. The van der Waals surface area contributed by atoms with E-state index in [9.17, 15) is 4.79 Å². The Kier molecular flexibility index (Phi) is 5.36. The maximum atomic E-state index is 12.7. The molecule has 27 heavy (non-hydrogen) atoms. The fraction of sp³-hybridized carbons (Fsp3) is 0.429. The van der Waals surface area contributed by atoms with Crippen LogP contribution in [-0.2, 0) is 0 Å². The van der Waals surface area contributed by atoms with Gasteiger partial charge in [-0.25, -0.2) is 4.98 Å². The van der Waals surface area contributed by atoms with E-state index in [1.54, 1.807) is 25.1 Å². The highest BCUT2D eigenvalue weighted by Crippen LogP contribution is 2.32. The minimum atomic E-state index is 0.0308. The number of ether oxygens (including phenoxy) is 1. The number of methoxy groups -OCH3 is 1. The van der Waals surface area contributed by atoms with Crippen molar-refractivity contribution in [3.63, 3.8) is 0 Å². The van der Waals surface area contributed by atoms with E-state index in [-0.39, 0.29) is 11.9 Å². The molecule has 0 aliphatic carbocycles. The quantitative estimate of drug-likeness (QED) is 0.857. The number of nitrogens with one attached hydrogen (secondary N) is 1. The summed E-state index contributed by atoms with van der Waals surface area (Å²) in [7, 11) is 1.61. The van der Waals surface area contributed by atoms with Gasteiger partial charge >= 0.3 is 0 Å². The number of pyridine rings is 1. The van der Waals surface area contributed by atoms with Gasteiger partial charge in [0, 0.05) is 39.7 Å². The zero-order valence-corrected chi connectivity index (χ0v) is 16.5. The van der Waals surface area contributed by atoms with E-state index in [4.69, 9.17) is 4.74 Å². The first-order chi connectivity index (χ1) is 13.1. The highest BCUT2D eigenvalue weighted by Gasteiger charge is 2.40. The van der Waals surface area contributed by atoms with Crippen molar-refractivity contribution in [2.24, 2.45) is 5.92 Å². The van der Waals surface area contributed by atoms with Gasteiger partial charge in [-0.1, -0.05) is 11.8 Å². The lowest BCUT2D eigenvalue weighted by molar-refractivity contribution is 0.0217. The van der Waals surface area contributed by atoms with E-state index < -0.39 is 0 Å². The van der Waals surface area contributed by atoms with Crippen molar-refractivity contribution in [1.29, 1.82) is 0 Å². The van der Waals surface area contributed by atoms with Crippen LogP contribution in [0.2, 0.25) is 0 Å². The smallest absolute Gasteiger partial charge is 0.251 e. The summed E-state index contributed by atoms with van der Waals surface area (Å²) >= 11 is 1.62. The summed E-state index contributed by atoms with van der Waals surface area (Å²) in [5.41, 5.74) is 0.718. The lowest BCUT2D eigenvalue weighted by Crippen LogP contribution is -2.62. The van der Waals surface area contributed by atoms with Gasteiger partial charge in [0.25, 0.3) is 5.91 Å². The largest absolute Gasteiger partial charge is 0.481 e. The molecule has 5 rings (SSSR count). The van der Waals surface area contributed by atoms with E-state index in [1.165, 1.54) is 25.9 Å². The summed E-state index contributed by atoms with van der Waals surface area (Å²) < 4.78 is 5.08. The maximum Gasteiger partial charge on any atom is 0.251 e. The Morgan fingerprint density at radius 3 is 2.44 bits per heavy atom. The fourth-order valence-corrected chi connectivity index (χ4v) is 4.92. The first-order valence-electron chi connectivity index (χ1n) is 9.47. The first-order valence-corrected chi connectivity index (χ1v) is 10.3. The van der Waals surface area contributed by atoms with Crippen molar-refractivity contribution in [1.82, 2.24) is 15.2 Å². The minimum Gasteiger partial charge on any atom is -0.481 e. The molecule has 4 heterocycles. The molecule has 1 aromatic heterocycles. The Morgan fingerprint density at radius 2 is 1.85 bits per heavy atom. The molecule has 3 aliphatic rings. The summed E-state index contributed by atoms with van der Waals surface area (Å²) in [6.07, 6.45) is 4.18. The monoisotopic (exact) mass is 383 g/mol. The van der Waals surface area contributed by atoms with E-state index >= 15 is 0 Å². The number of hydrogen-bond donors (Lipinski definition) is 1. The van der Waals surface area contributed by atoms with E-state index in [0.29, 0.717) is 17.8 Å². The van der Waals surface area contributed by atoms with Gasteiger partial charge in [-0.05, 0) is 69.1 Å². The minimum absolute atomic E-state index is 0.0308. The van der Waals surface area contributed by atoms with Gasteiger partial charge in [-0.15, -0.1) is 0 Å². The molecule has 1 amide bonds. The second-order valence-corrected chi connectivity index (χ2v) is 8.42. The van der Waals surface area contributed by atoms with Crippen LogP contribution in [0.25, 0.3) is 0 Å². The zero-order valence-electron chi connectivity index (χ0n) is 15.7. The topological polar surface area (TPSA) is 54.5 Å². The van der Waals surface area contributed by atoms with Crippen LogP contribution in [0.1, 0.15) is 30.1 Å². The number of rotatable bonds is 5. The number of fused-ring (bicyclic) bond motifs is 3. The lowest BCUT2D eigenvalue weighted by Gasteiger charge is -2.49. The molecule has 3 fully saturated rings. The van der Waals surface area contributed by atoms with Gasteiger partial charge in [-0.2, -0.15) is 0 Å². The first kappa shape index (κ1) is 18.3. The van der Waals surface area contributed by atoms with E-state index in [0.717, 1.165) is 15.4 Å². The van der Waals surface area contributed by atoms with Crippen molar-refractivity contribution in [3.05, 3.63) is 48.2 Å². The number of carbonyl (C=O) groups is 1. The number of carbonyl (C=O) groups excluding carboxylic acids is 1. The summed E-state index contributed by atoms with van der Waals surface area (Å²) in [6.45, 7) is 4.58. The van der Waals surface area contributed by atoms with Crippen LogP contribution in [0.5, 0.6) is 5.88 Å². The molecule has 1 N–H and O–H groups in total. The number of piperidine rings is 3. The van der Waals surface area contributed by atoms with Crippen molar-refractivity contribution in [2.75, 3.05) is 20.2 Å². The van der Waals surface area contributed by atoms with Crippen LogP contribution in [0.15, 0.2) is 52.4 Å². The molecule has 5 nitrogen and oxygen atoms in total. The molecular formula is C21H25N3O2S. The molecule has 0 unspecified atom stereocenters. The van der Waals surface area contributed by atoms with Gasteiger partial charge in [0.05, 0.1) is 7.11 Å². The number of aromatic nitrogens is 1. The van der Waals surface area contributed by atoms with Gasteiger partial charge in [-0.3, -0.25) is 9.69 Å². The predicted octanol–water partition coefficient (Wildman–Crippen LogP) is 3.45. The molecule has 0 saturated carbocycles. The summed E-state index contributed by atoms with van der Waals surface area (Å²) in [4.78, 5) is 21.5. The van der Waals surface area contributed by atoms with Crippen molar-refractivity contribution < 1.29 is 9.53 Å². The average molecular weight is 384 g/mol. The number of nitrogens with zero attached hydrogens (tertiary/aromatic N) is 2. The van der Waals surface area contributed by atoms with E-state index in [2.05, 4.69) is 22.1 Å². The lowest BCUT2D eigenvalue weighted by atomic mass is 9.79. The van der Waals surface area contributed by atoms with Crippen LogP contribution < -0.4 is 10.1 Å². The molecule has 1 aromatic carbocycles. The summed E-state index contributed by atoms with van der Waals surface area (Å²) in [6, 6.07) is 12.3. The van der Waals surface area contributed by atoms with Gasteiger partial charge in [0.1, 0.15) is 0 Å². The highest BCUT2D eigenvalue weighted by atomic mass is 32.2. The predicted molar refractivity (Wildman–Crippen MR) is 106 cm³/mol. The third-order valence-corrected chi connectivity index (χ3v) is 6.73. The number of hydrogen-bond acceptors (Lipinski definition) is 5. The molecule has 3 saturated heterocycles. The normalized spacial score (nSPS) is 26.6. The SMILES string of the molecule is COc1ccc(Sc2ccc(C(=O)N[C@@H]3C4CCN(CC4)[C@H]3C)cc2)cn1. The van der Waals surface area contributed by atoms with Crippen LogP contribution in [0.3, 0.4) is 0 Å². The zero-order chi connectivity index (χ0) is 18.8. The Balaban J connectivity index is 1.38. The third kappa shape index (κ3) is 3.96. The molecular weight excluding hydrogens is 358 g/mol. The molecule has 2 bridgehead atoms. The summed E-state index contributed by atoms with van der Waals surface area (Å²) in [5.74, 6) is 1.25. The van der Waals surface area contributed by atoms with Gasteiger partial charge < -0.3 is 10.1 Å². The average Bonchev–Trinajstić information content (AvgIpc) is 2.72. The van der Waals surface area contributed by atoms with Crippen LogP contribution in [0, 0.1) is 5.92 Å². The third-order valence-electron chi connectivity index (χ3n) is 5.75. The van der Waals surface area contributed by atoms with Crippen LogP contribution in [0.4, 0.5) is 0 Å². The molecule has 2 atom stereocenters. The van der Waals surface area contributed by atoms with Gasteiger partial charge in [0.2, 0.25) is 5.88 Å². The molecule has 2 aromatic rings. The van der Waals surface area contributed by atoms with Crippen molar-refractivity contribution in [3.8, 4) is 5.88 Å². The maximum absolute atomic E-state index is 12.7. The van der Waals surface area contributed by atoms with E-state index in [1.807, 2.05) is 36.4 Å². The Morgan fingerprint density at radius 1 is 1.15 bits per heavy atom. The van der Waals surface area contributed by atoms with Crippen LogP contribution >= 0.6 is 11.8 Å². The highest BCUT2D eigenvalue weighted by molar-refractivity contribution is 7.99. The van der Waals surface area contributed by atoms with Gasteiger partial charge in [0.15, 0.2) is 0 Å². The summed E-state index contributed by atoms with van der Waals surface area (Å²) in [5, 5.41) is 3.29. The Hall–Kier alpha value is -2.05. The number of benzene rings is 1. The van der Waals surface area contributed by atoms with Crippen LogP contribution in [-0.4, -0.2) is 48.1 Å². The molecule has 0 spiro atoms. The second kappa shape index (κ2) is 7.90. The Labute approximate surface area is 164 Å². The Bertz CT molecular complexity index is 784.